The molecule has 24 heavy (non-hydrogen) atoms. The van der Waals surface area contributed by atoms with Crippen molar-refractivity contribution in [1.29, 1.82) is 0 Å². The molecule has 4 nitrogen and oxygen atoms in total. The number of nitrogens with zero attached hydrogens (tertiary/aromatic N) is 2. The Morgan fingerprint density at radius 1 is 1.17 bits per heavy atom. The highest BCUT2D eigenvalue weighted by atomic mass is 32.2. The van der Waals surface area contributed by atoms with Crippen molar-refractivity contribution in [2.24, 2.45) is 0 Å². The quantitative estimate of drug-likeness (QED) is 0.626. The van der Waals surface area contributed by atoms with Gasteiger partial charge in [0.25, 0.3) is 5.22 Å². The number of carbonyl (C=O) groups is 1. The third-order valence-corrected chi connectivity index (χ3v) is 4.74. The van der Waals surface area contributed by atoms with Crippen LogP contribution in [0.15, 0.2) is 64.2 Å². The van der Waals surface area contributed by atoms with E-state index in [2.05, 4.69) is 4.98 Å². The minimum absolute atomic E-state index is 0.0913. The van der Waals surface area contributed by atoms with Gasteiger partial charge in [-0.2, -0.15) is 0 Å². The first-order valence-corrected chi connectivity index (χ1v) is 8.90. The fraction of sp³-hybridized carbons (Fsp3) is 0.263. The molecule has 0 spiro atoms. The van der Waals surface area contributed by atoms with Crippen molar-refractivity contribution in [3.63, 3.8) is 0 Å². The summed E-state index contributed by atoms with van der Waals surface area (Å²) in [7, 11) is 0. The van der Waals surface area contributed by atoms with Gasteiger partial charge >= 0.3 is 0 Å². The van der Waals surface area contributed by atoms with Gasteiger partial charge in [-0.25, -0.2) is 4.98 Å². The van der Waals surface area contributed by atoms with Crippen molar-refractivity contribution in [3.05, 3.63) is 60.2 Å². The SMILES string of the molecule is CCN(Cc1ccccc1)C(=O)C(C)Sc1nc2ccccc2o1. The van der Waals surface area contributed by atoms with Crippen LogP contribution in [0, 0.1) is 0 Å². The Bertz CT molecular complexity index is 783. The topological polar surface area (TPSA) is 46.3 Å². The van der Waals surface area contributed by atoms with Crippen LogP contribution >= 0.6 is 11.8 Å². The molecule has 0 radical (unpaired) electrons. The second-order valence-corrected chi connectivity index (χ2v) is 6.84. The summed E-state index contributed by atoms with van der Waals surface area (Å²) in [5, 5.41) is 0.287. The van der Waals surface area contributed by atoms with Crippen molar-refractivity contribution in [1.82, 2.24) is 9.88 Å². The number of benzene rings is 2. The van der Waals surface area contributed by atoms with E-state index < -0.39 is 0 Å². The van der Waals surface area contributed by atoms with E-state index in [0.29, 0.717) is 18.3 Å². The van der Waals surface area contributed by atoms with Crippen LogP contribution < -0.4 is 0 Å². The number of aromatic nitrogens is 1. The minimum atomic E-state index is -0.248. The summed E-state index contributed by atoms with van der Waals surface area (Å²) < 4.78 is 5.70. The molecule has 1 aromatic heterocycles. The molecule has 0 aliphatic rings. The van der Waals surface area contributed by atoms with Gasteiger partial charge in [-0.1, -0.05) is 54.2 Å². The first kappa shape index (κ1) is 16.6. The maximum atomic E-state index is 12.7. The number of fused-ring (bicyclic) bond motifs is 1. The van der Waals surface area contributed by atoms with Crippen LogP contribution in [0.4, 0.5) is 0 Å². The van der Waals surface area contributed by atoms with Crippen LogP contribution in [0.3, 0.4) is 0 Å². The number of hydrogen-bond acceptors (Lipinski definition) is 4. The minimum Gasteiger partial charge on any atom is -0.431 e. The Balaban J connectivity index is 1.68. The van der Waals surface area contributed by atoms with E-state index in [0.717, 1.165) is 16.7 Å². The molecule has 3 rings (SSSR count). The highest BCUT2D eigenvalue weighted by Crippen LogP contribution is 2.27. The van der Waals surface area contributed by atoms with Gasteiger partial charge in [0.05, 0.1) is 5.25 Å². The molecule has 124 valence electrons. The predicted molar refractivity (Wildman–Crippen MR) is 96.9 cm³/mol. The first-order chi connectivity index (χ1) is 11.7. The zero-order chi connectivity index (χ0) is 16.9. The number of rotatable bonds is 6. The molecular weight excluding hydrogens is 320 g/mol. The van der Waals surface area contributed by atoms with E-state index in [9.17, 15) is 4.79 Å². The maximum Gasteiger partial charge on any atom is 0.257 e. The molecule has 1 unspecified atom stereocenters. The third-order valence-electron chi connectivity index (χ3n) is 3.81. The zero-order valence-corrected chi connectivity index (χ0v) is 14.6. The lowest BCUT2D eigenvalue weighted by Gasteiger charge is -2.23. The fourth-order valence-electron chi connectivity index (χ4n) is 2.51. The predicted octanol–water partition coefficient (Wildman–Crippen LogP) is 4.36. The summed E-state index contributed by atoms with van der Waals surface area (Å²) in [5.74, 6) is 0.0913. The lowest BCUT2D eigenvalue weighted by molar-refractivity contribution is -0.130. The zero-order valence-electron chi connectivity index (χ0n) is 13.8. The molecule has 0 saturated carbocycles. The molecule has 1 amide bonds. The van der Waals surface area contributed by atoms with E-state index in [1.54, 1.807) is 0 Å². The molecule has 0 bridgehead atoms. The molecule has 5 heteroatoms. The Labute approximate surface area is 145 Å². The molecular formula is C19H20N2O2S. The van der Waals surface area contributed by atoms with Crippen LogP contribution in [-0.4, -0.2) is 27.6 Å². The van der Waals surface area contributed by atoms with E-state index in [1.807, 2.05) is 73.3 Å². The molecule has 0 fully saturated rings. The molecule has 2 aromatic carbocycles. The molecule has 0 saturated heterocycles. The molecule has 3 aromatic rings. The molecule has 0 aliphatic carbocycles. The van der Waals surface area contributed by atoms with Crippen LogP contribution in [0.2, 0.25) is 0 Å². The average molecular weight is 340 g/mol. The second-order valence-electron chi connectivity index (χ2n) is 5.55. The van der Waals surface area contributed by atoms with Crippen molar-refractivity contribution in [2.75, 3.05) is 6.54 Å². The normalized spacial score (nSPS) is 12.2. The highest BCUT2D eigenvalue weighted by Gasteiger charge is 2.22. The van der Waals surface area contributed by atoms with E-state index in [-0.39, 0.29) is 11.2 Å². The summed E-state index contributed by atoms with van der Waals surface area (Å²) >= 11 is 1.36. The van der Waals surface area contributed by atoms with Crippen molar-refractivity contribution in [2.45, 2.75) is 30.9 Å². The summed E-state index contributed by atoms with van der Waals surface area (Å²) in [4.78, 5) is 19.0. The molecule has 1 heterocycles. The van der Waals surface area contributed by atoms with Gasteiger partial charge in [0, 0.05) is 13.1 Å². The van der Waals surface area contributed by atoms with Crippen LogP contribution in [0.25, 0.3) is 11.1 Å². The third kappa shape index (κ3) is 3.79. The molecule has 0 N–H and O–H groups in total. The summed E-state index contributed by atoms with van der Waals surface area (Å²) in [6, 6.07) is 17.7. The van der Waals surface area contributed by atoms with Crippen molar-refractivity contribution >= 4 is 28.8 Å². The lowest BCUT2D eigenvalue weighted by atomic mass is 10.2. The van der Waals surface area contributed by atoms with E-state index in [4.69, 9.17) is 4.42 Å². The number of carbonyl (C=O) groups excluding carboxylic acids is 1. The van der Waals surface area contributed by atoms with Crippen LogP contribution in [0.5, 0.6) is 0 Å². The molecule has 0 aliphatic heterocycles. The number of amides is 1. The number of thioether (sulfide) groups is 1. The summed E-state index contributed by atoms with van der Waals surface area (Å²) in [6.07, 6.45) is 0. The Kier molecular flexibility index (Phi) is 5.20. The Morgan fingerprint density at radius 3 is 2.58 bits per heavy atom. The van der Waals surface area contributed by atoms with Gasteiger partial charge in [-0.3, -0.25) is 4.79 Å². The molecule has 1 atom stereocenters. The van der Waals surface area contributed by atoms with E-state index >= 15 is 0 Å². The monoisotopic (exact) mass is 340 g/mol. The summed E-state index contributed by atoms with van der Waals surface area (Å²) in [6.45, 7) is 5.19. The van der Waals surface area contributed by atoms with Crippen molar-refractivity contribution in [3.8, 4) is 0 Å². The van der Waals surface area contributed by atoms with Gasteiger partial charge in [0.2, 0.25) is 5.91 Å². The summed E-state index contributed by atoms with van der Waals surface area (Å²) in [5.41, 5.74) is 2.69. The van der Waals surface area contributed by atoms with Gasteiger partial charge in [-0.15, -0.1) is 0 Å². The lowest BCUT2D eigenvalue weighted by Crippen LogP contribution is -2.35. The van der Waals surface area contributed by atoms with Gasteiger partial charge in [0.15, 0.2) is 5.58 Å². The largest absolute Gasteiger partial charge is 0.431 e. The van der Waals surface area contributed by atoms with Gasteiger partial charge in [0.1, 0.15) is 5.52 Å². The first-order valence-electron chi connectivity index (χ1n) is 8.02. The number of para-hydroxylation sites is 2. The maximum absolute atomic E-state index is 12.7. The number of oxazole rings is 1. The second kappa shape index (κ2) is 7.53. The van der Waals surface area contributed by atoms with Crippen LogP contribution in [0.1, 0.15) is 19.4 Å². The van der Waals surface area contributed by atoms with Gasteiger partial charge < -0.3 is 9.32 Å². The van der Waals surface area contributed by atoms with Crippen molar-refractivity contribution < 1.29 is 9.21 Å². The van der Waals surface area contributed by atoms with Gasteiger partial charge in [-0.05, 0) is 31.5 Å². The number of hydrogen-bond donors (Lipinski definition) is 0. The highest BCUT2D eigenvalue weighted by molar-refractivity contribution is 8.00. The smallest absolute Gasteiger partial charge is 0.257 e. The average Bonchev–Trinajstić information content (AvgIpc) is 3.02. The Hall–Kier alpha value is -2.27. The van der Waals surface area contributed by atoms with Crippen LogP contribution in [-0.2, 0) is 11.3 Å². The fourth-order valence-corrected chi connectivity index (χ4v) is 3.35. The Morgan fingerprint density at radius 2 is 1.88 bits per heavy atom. The standard InChI is InChI=1S/C19H20N2O2S/c1-3-21(13-15-9-5-4-6-10-15)18(22)14(2)24-19-20-16-11-7-8-12-17(16)23-19/h4-12,14H,3,13H2,1-2H3. The van der Waals surface area contributed by atoms with E-state index in [1.165, 1.54) is 11.8 Å².